The van der Waals surface area contributed by atoms with Gasteiger partial charge < -0.3 is 0 Å². The Hall–Kier alpha value is -5.99. The molecule has 0 aliphatic rings. The summed E-state index contributed by atoms with van der Waals surface area (Å²) in [6.07, 6.45) is -3.00. The van der Waals surface area contributed by atoms with Crippen molar-refractivity contribution in [2.24, 2.45) is 0 Å². The molecule has 0 saturated carbocycles. The summed E-state index contributed by atoms with van der Waals surface area (Å²) in [6.45, 7) is -3.18. The molecule has 0 saturated heterocycles. The number of aryl methyl sites for hydroxylation is 1. The minimum Gasteiger partial charge on any atom is -0.296 e. The van der Waals surface area contributed by atoms with E-state index in [1.54, 1.807) is 48.5 Å². The van der Waals surface area contributed by atoms with E-state index in [9.17, 15) is 6.85 Å². The van der Waals surface area contributed by atoms with Gasteiger partial charge >= 0.3 is 0 Å². The highest BCUT2D eigenvalue weighted by molar-refractivity contribution is 6.22. The lowest BCUT2D eigenvalue weighted by molar-refractivity contribution is 0.913. The van der Waals surface area contributed by atoms with Crippen LogP contribution in [0.1, 0.15) is 42.8 Å². The molecule has 0 N–H and O–H groups in total. The third kappa shape index (κ3) is 4.37. The predicted octanol–water partition coefficient (Wildman–Crippen LogP) is 12.0. The average molecular weight is 623 g/mol. The summed E-state index contributed by atoms with van der Waals surface area (Å²) in [4.78, 5) is 4.43. The van der Waals surface area contributed by atoms with E-state index < -0.39 is 166 Å². The van der Waals surface area contributed by atoms with Gasteiger partial charge in [-0.2, -0.15) is 0 Å². The molecule has 0 bridgehead atoms. The Labute approximate surface area is 305 Å². The monoisotopic (exact) mass is 622 g/mol. The first kappa shape index (κ1) is 13.0. The summed E-state index contributed by atoms with van der Waals surface area (Å²) >= 11 is 0. The first-order valence-corrected chi connectivity index (χ1v) is 14.4. The van der Waals surface area contributed by atoms with Gasteiger partial charge in [-0.25, -0.2) is 4.98 Å². The Morgan fingerprint density at radius 2 is 1.19 bits per heavy atom. The lowest BCUT2D eigenvalue weighted by atomic mass is 9.84. The van der Waals surface area contributed by atoms with Crippen LogP contribution in [0, 0.1) is 0 Å². The minimum absolute atomic E-state index is 0.0657. The molecule has 47 heavy (non-hydrogen) atoms. The minimum atomic E-state index is -3.18. The molecule has 0 aliphatic carbocycles. The van der Waals surface area contributed by atoms with Gasteiger partial charge in [0.2, 0.25) is 0 Å². The molecule has 2 nitrogen and oxygen atoms in total. The molecule has 0 amide bonds. The summed E-state index contributed by atoms with van der Waals surface area (Å²) in [6, 6.07) is 1.59. The SMILES string of the molecule is [2H]c1c([2H])c([2H])c(-c2c3c([2H])c([2H])c([2H])c([2H])c3c(-c3c([2H])c([2H])c([2H])c([2H])c3[2H])c3c([2H])c(-c4ccc(-n5c(C([2H])([2H])C([2H])([2H])[2H])nc6ccccc65)c5ccccc45)c([2H])c([2H])c23)c([2H])c1[2H]. The van der Waals surface area contributed by atoms with Gasteiger partial charge in [0.15, 0.2) is 0 Å². The van der Waals surface area contributed by atoms with Crippen LogP contribution in [0.3, 0.4) is 0 Å². The van der Waals surface area contributed by atoms with Crippen LogP contribution in [0.4, 0.5) is 0 Å². The van der Waals surface area contributed by atoms with Crippen molar-refractivity contribution in [3.05, 3.63) is 169 Å². The quantitative estimate of drug-likeness (QED) is 0.175. The zero-order chi connectivity index (χ0) is 50.4. The molecule has 0 fully saturated rings. The van der Waals surface area contributed by atoms with E-state index in [1.807, 2.05) is 0 Å². The van der Waals surface area contributed by atoms with Crippen molar-refractivity contribution in [2.75, 3.05) is 0 Å². The maximum Gasteiger partial charge on any atom is 0.114 e. The number of rotatable bonds is 5. The maximum absolute atomic E-state index is 10.2. The van der Waals surface area contributed by atoms with Crippen LogP contribution in [0.25, 0.3) is 82.4 Å². The summed E-state index contributed by atoms with van der Waals surface area (Å²) in [5.74, 6) is -0.456. The first-order valence-electron chi connectivity index (χ1n) is 25.4. The van der Waals surface area contributed by atoms with E-state index in [2.05, 4.69) is 4.98 Å². The number of imidazole rings is 1. The normalized spacial score (nSPS) is 18.8. The number of nitrogens with zero attached hydrogens (tertiary/aromatic N) is 2. The van der Waals surface area contributed by atoms with Crippen molar-refractivity contribution in [1.82, 2.24) is 9.55 Å². The summed E-state index contributed by atoms with van der Waals surface area (Å²) in [5, 5.41) is -1.67. The average Bonchev–Trinajstić information content (AvgIpc) is 3.71. The number of hydrogen-bond donors (Lipinski definition) is 0. The second kappa shape index (κ2) is 11.1. The van der Waals surface area contributed by atoms with Crippen LogP contribution in [0.5, 0.6) is 0 Å². The van der Waals surface area contributed by atoms with E-state index in [4.69, 9.17) is 23.3 Å². The largest absolute Gasteiger partial charge is 0.296 e. The van der Waals surface area contributed by atoms with Crippen LogP contribution in [0.15, 0.2) is 163 Å². The van der Waals surface area contributed by atoms with E-state index in [0.717, 1.165) is 0 Å². The van der Waals surface area contributed by atoms with Crippen molar-refractivity contribution in [3.63, 3.8) is 0 Å². The number of aromatic nitrogens is 2. The zero-order valence-corrected chi connectivity index (χ0v) is 24.2. The van der Waals surface area contributed by atoms with Crippen LogP contribution < -0.4 is 0 Å². The molecule has 2 heteroatoms. The molecular formula is C45H32N2. The summed E-state index contributed by atoms with van der Waals surface area (Å²) in [7, 11) is 0. The van der Waals surface area contributed by atoms with Crippen LogP contribution in [0.2, 0.25) is 0 Å². The zero-order valence-electron chi connectivity index (χ0n) is 46.2. The Balaban J connectivity index is 1.54. The molecule has 0 unspecified atom stereocenters. The van der Waals surface area contributed by atoms with Crippen molar-refractivity contribution in [3.8, 4) is 39.1 Å². The summed E-state index contributed by atoms with van der Waals surface area (Å²) in [5.41, 5.74) is -1.88. The third-order valence-electron chi connectivity index (χ3n) is 8.08. The van der Waals surface area contributed by atoms with Gasteiger partial charge in [-0.3, -0.25) is 4.57 Å². The van der Waals surface area contributed by atoms with Crippen molar-refractivity contribution in [2.45, 2.75) is 13.2 Å². The number of hydrogen-bond acceptors (Lipinski definition) is 1. The second-order valence-corrected chi connectivity index (χ2v) is 10.6. The molecule has 0 aliphatic heterocycles. The third-order valence-corrected chi connectivity index (χ3v) is 8.08. The van der Waals surface area contributed by atoms with Crippen LogP contribution in [-0.2, 0) is 6.37 Å². The van der Waals surface area contributed by atoms with Gasteiger partial charge in [-0.1, -0.05) is 146 Å². The van der Waals surface area contributed by atoms with E-state index in [-0.39, 0.29) is 27.7 Å². The number of para-hydroxylation sites is 2. The van der Waals surface area contributed by atoms with Crippen LogP contribution in [-0.4, -0.2) is 9.55 Å². The second-order valence-electron chi connectivity index (χ2n) is 10.6. The molecule has 9 rings (SSSR count). The topological polar surface area (TPSA) is 17.8 Å². The van der Waals surface area contributed by atoms with E-state index in [1.165, 1.54) is 16.7 Å². The molecule has 0 spiro atoms. The highest BCUT2D eigenvalue weighted by Crippen LogP contribution is 2.45. The van der Waals surface area contributed by atoms with Gasteiger partial charge in [-0.15, -0.1) is 0 Å². The van der Waals surface area contributed by atoms with Crippen molar-refractivity contribution in [1.29, 1.82) is 0 Å². The van der Waals surface area contributed by atoms with Crippen molar-refractivity contribution >= 4 is 43.4 Å². The molecule has 1 heterocycles. The molecule has 9 aromatic rings. The molecular weight excluding hydrogens is 569 g/mol. The Bertz CT molecular complexity index is 3720. The maximum atomic E-state index is 10.2. The van der Waals surface area contributed by atoms with Gasteiger partial charge in [0.1, 0.15) is 5.82 Å². The van der Waals surface area contributed by atoms with Gasteiger partial charge in [0, 0.05) is 18.6 Å². The van der Waals surface area contributed by atoms with Gasteiger partial charge in [0.25, 0.3) is 0 Å². The highest BCUT2D eigenvalue weighted by atomic mass is 15.1. The van der Waals surface area contributed by atoms with Gasteiger partial charge in [0.05, 0.1) is 40.0 Å². The van der Waals surface area contributed by atoms with Crippen molar-refractivity contribution < 1.29 is 30.2 Å². The highest BCUT2D eigenvalue weighted by Gasteiger charge is 2.19. The number of benzene rings is 8. The molecule has 0 radical (unpaired) electrons. The van der Waals surface area contributed by atoms with Crippen LogP contribution >= 0.6 is 0 Å². The fraction of sp³-hybridized carbons (Fsp3) is 0.0444. The van der Waals surface area contributed by atoms with E-state index in [0.29, 0.717) is 10.9 Å². The fourth-order valence-corrected chi connectivity index (χ4v) is 6.15. The lowest BCUT2D eigenvalue weighted by Gasteiger charge is -2.19. The lowest BCUT2D eigenvalue weighted by Crippen LogP contribution is -2.01. The molecule has 0 atom stereocenters. The predicted molar refractivity (Wildman–Crippen MR) is 199 cm³/mol. The Kier molecular flexibility index (Phi) is 3.08. The standard InChI is InChI=1S/C45H32N2/c1-2-43-46-40-23-13-14-24-42(40)47(43)41-28-27-33(34-19-9-10-20-35(34)41)32-25-26-38-39(29-32)45(31-17-7-4-8-18-31)37-22-12-11-21-36(37)44(38)30-15-5-3-6-16-30/h3-29H,2H2,1H3/i1D3,2D2,3D,4D,5D,6D,7D,8D,11D,12D,15D,16D,17D,18D,21D,22D,25D,26D,29D. The fourth-order valence-electron chi connectivity index (χ4n) is 6.15. The molecule has 1 aromatic heterocycles. The van der Waals surface area contributed by atoms with E-state index >= 15 is 0 Å². The first-order chi connectivity index (χ1) is 32.3. The molecule has 222 valence electrons. The Morgan fingerprint density at radius 1 is 0.574 bits per heavy atom. The smallest absolute Gasteiger partial charge is 0.114 e. The van der Waals surface area contributed by atoms with Gasteiger partial charge in [-0.05, 0) is 84.6 Å². The molecule has 8 aromatic carbocycles. The number of fused-ring (bicyclic) bond motifs is 4. The Morgan fingerprint density at radius 3 is 1.91 bits per heavy atom. The summed E-state index contributed by atoms with van der Waals surface area (Å²) < 4.78 is 197.